The molecular weight excluding hydrogens is 264 g/mol. The molecule has 3 saturated carbocycles. The first-order chi connectivity index (χ1) is 10.9. The summed E-state index contributed by atoms with van der Waals surface area (Å²) in [7, 11) is 0. The van der Waals surface area contributed by atoms with Crippen LogP contribution in [-0.4, -0.2) is 0 Å². The van der Waals surface area contributed by atoms with Crippen LogP contribution in [0, 0.1) is 35.8 Å². The number of rotatable bonds is 2. The zero-order valence-electron chi connectivity index (χ0n) is 13.0. The highest BCUT2D eigenvalue weighted by Crippen LogP contribution is 2.67. The Bertz CT molecular complexity index is 617. The van der Waals surface area contributed by atoms with Crippen LogP contribution >= 0.6 is 0 Å². The molecule has 0 amide bonds. The maximum Gasteiger partial charge on any atom is 0.0236 e. The minimum atomic E-state index is 0.250. The summed E-state index contributed by atoms with van der Waals surface area (Å²) in [6.07, 6.45) is 7.22. The fourth-order valence-corrected chi connectivity index (χ4v) is 6.34. The Morgan fingerprint density at radius 2 is 1.41 bits per heavy atom. The zero-order chi connectivity index (χ0) is 14.6. The monoisotopic (exact) mass is 286 g/mol. The molecule has 3 aliphatic rings. The van der Waals surface area contributed by atoms with Gasteiger partial charge in [0.2, 0.25) is 0 Å². The first-order valence-electron chi connectivity index (χ1n) is 8.83. The van der Waals surface area contributed by atoms with Crippen molar-refractivity contribution in [2.75, 3.05) is 0 Å². The van der Waals surface area contributed by atoms with Crippen molar-refractivity contribution in [1.82, 2.24) is 0 Å². The van der Waals surface area contributed by atoms with Gasteiger partial charge in [0.25, 0.3) is 0 Å². The molecule has 0 nitrogen and oxygen atoms in total. The lowest BCUT2D eigenvalue weighted by molar-refractivity contribution is 0.181. The molecule has 3 fully saturated rings. The summed E-state index contributed by atoms with van der Waals surface area (Å²) in [4.78, 5) is 0. The van der Waals surface area contributed by atoms with Gasteiger partial charge in [-0.3, -0.25) is 0 Å². The topological polar surface area (TPSA) is 0 Å². The number of fused-ring (bicyclic) bond motifs is 5. The van der Waals surface area contributed by atoms with Gasteiger partial charge < -0.3 is 0 Å². The predicted octanol–water partition coefficient (Wildman–Crippen LogP) is 5.03. The smallest absolute Gasteiger partial charge is 0.0236 e. The molecule has 2 radical (unpaired) electrons. The summed E-state index contributed by atoms with van der Waals surface area (Å²) in [6, 6.07) is 24.1. The molecule has 3 aliphatic carbocycles. The van der Waals surface area contributed by atoms with Crippen LogP contribution in [0.2, 0.25) is 0 Å². The molecule has 2 bridgehead atoms. The van der Waals surface area contributed by atoms with Crippen LogP contribution in [0.3, 0.4) is 0 Å². The van der Waals surface area contributed by atoms with Gasteiger partial charge in [-0.2, -0.15) is 0 Å². The first-order valence-corrected chi connectivity index (χ1v) is 8.83. The predicted molar refractivity (Wildman–Crippen MR) is 88.4 cm³/mol. The van der Waals surface area contributed by atoms with Crippen LogP contribution < -0.4 is 0 Å². The third kappa shape index (κ3) is 1.59. The zero-order valence-corrected chi connectivity index (χ0v) is 13.0. The summed E-state index contributed by atoms with van der Waals surface area (Å²) in [5.74, 6) is 3.79. The second-order valence-electron chi connectivity index (χ2n) is 7.61. The Labute approximate surface area is 133 Å². The fraction of sp³-hybridized carbons (Fsp3) is 0.455. The quantitative estimate of drug-likeness (QED) is 0.726. The van der Waals surface area contributed by atoms with E-state index >= 15 is 0 Å². The van der Waals surface area contributed by atoms with Crippen molar-refractivity contribution in [2.24, 2.45) is 23.7 Å². The second-order valence-corrected chi connectivity index (χ2v) is 7.61. The maximum absolute atomic E-state index is 3.21. The Morgan fingerprint density at radius 3 is 2.05 bits per heavy atom. The lowest BCUT2D eigenvalue weighted by Crippen LogP contribution is -2.40. The normalized spacial score (nSPS) is 34.7. The van der Waals surface area contributed by atoms with Crippen LogP contribution in [0.4, 0.5) is 0 Å². The van der Waals surface area contributed by atoms with E-state index in [0.29, 0.717) is 0 Å². The molecule has 0 saturated heterocycles. The van der Waals surface area contributed by atoms with E-state index < -0.39 is 0 Å². The standard InChI is InChI=1S/C22H22/c1-3-8-17(9-4-1)22(18-10-5-2-6-11-18)15-16-14-21(22)20-13-7-12-19(16)20/h3-6,8-11,16,19-21H,7,12-15H2. The van der Waals surface area contributed by atoms with Crippen molar-refractivity contribution in [3.8, 4) is 0 Å². The summed E-state index contributed by atoms with van der Waals surface area (Å²) in [6.45, 7) is 0. The van der Waals surface area contributed by atoms with E-state index in [4.69, 9.17) is 0 Å². The van der Waals surface area contributed by atoms with Gasteiger partial charge in [0.1, 0.15) is 0 Å². The molecule has 0 heteroatoms. The third-order valence-electron chi connectivity index (χ3n) is 6.99. The number of benzene rings is 2. The average Bonchev–Trinajstić information content (AvgIpc) is 3.28. The van der Waals surface area contributed by atoms with Gasteiger partial charge in [-0.1, -0.05) is 55.0 Å². The largest absolute Gasteiger partial charge is 0.0575 e. The van der Waals surface area contributed by atoms with Crippen LogP contribution in [0.5, 0.6) is 0 Å². The van der Waals surface area contributed by atoms with Gasteiger partial charge in [0.05, 0.1) is 0 Å². The minimum absolute atomic E-state index is 0.250. The molecule has 110 valence electrons. The van der Waals surface area contributed by atoms with Crippen molar-refractivity contribution >= 4 is 0 Å². The van der Waals surface area contributed by atoms with Gasteiger partial charge in [-0.05, 0) is 72.6 Å². The highest BCUT2D eigenvalue weighted by molar-refractivity contribution is 5.43. The third-order valence-corrected chi connectivity index (χ3v) is 6.99. The molecule has 0 N–H and O–H groups in total. The molecular formula is C22H22. The SMILES string of the molecule is [c]1ccc(C2(c3cc[c]cc3)CC3CC2C2CCCC32)cc1. The second kappa shape index (κ2) is 4.72. The summed E-state index contributed by atoms with van der Waals surface area (Å²) in [5, 5.41) is 0. The Morgan fingerprint density at radius 1 is 0.818 bits per heavy atom. The first kappa shape index (κ1) is 12.9. The van der Waals surface area contributed by atoms with Crippen molar-refractivity contribution in [3.05, 3.63) is 71.8 Å². The van der Waals surface area contributed by atoms with E-state index in [9.17, 15) is 0 Å². The van der Waals surface area contributed by atoms with E-state index in [-0.39, 0.29) is 5.41 Å². The minimum Gasteiger partial charge on any atom is -0.0575 e. The van der Waals surface area contributed by atoms with E-state index in [2.05, 4.69) is 60.7 Å². The van der Waals surface area contributed by atoms with Gasteiger partial charge >= 0.3 is 0 Å². The van der Waals surface area contributed by atoms with Crippen molar-refractivity contribution in [1.29, 1.82) is 0 Å². The van der Waals surface area contributed by atoms with Gasteiger partial charge in [-0.25, -0.2) is 0 Å². The van der Waals surface area contributed by atoms with E-state index in [1.54, 1.807) is 0 Å². The molecule has 0 heterocycles. The summed E-state index contributed by atoms with van der Waals surface area (Å²) >= 11 is 0. The Hall–Kier alpha value is -1.56. The maximum atomic E-state index is 3.21. The van der Waals surface area contributed by atoms with E-state index in [1.165, 1.54) is 43.2 Å². The highest BCUT2D eigenvalue weighted by atomic mass is 14.6. The van der Waals surface area contributed by atoms with Crippen molar-refractivity contribution in [2.45, 2.75) is 37.5 Å². The van der Waals surface area contributed by atoms with Crippen molar-refractivity contribution in [3.63, 3.8) is 0 Å². The Kier molecular flexibility index (Phi) is 2.77. The van der Waals surface area contributed by atoms with Crippen molar-refractivity contribution < 1.29 is 0 Å². The van der Waals surface area contributed by atoms with Crippen LogP contribution in [0.15, 0.2) is 48.5 Å². The van der Waals surface area contributed by atoms with E-state index in [1.807, 2.05) is 0 Å². The van der Waals surface area contributed by atoms with Gasteiger partial charge in [0.15, 0.2) is 0 Å². The molecule has 0 aromatic heterocycles. The molecule has 5 rings (SSSR count). The van der Waals surface area contributed by atoms with Crippen LogP contribution in [-0.2, 0) is 5.41 Å². The molecule has 22 heavy (non-hydrogen) atoms. The molecule has 4 atom stereocenters. The lowest BCUT2D eigenvalue weighted by atomic mass is 9.59. The molecule has 2 aromatic carbocycles. The lowest BCUT2D eigenvalue weighted by Gasteiger charge is -2.44. The summed E-state index contributed by atoms with van der Waals surface area (Å²) < 4.78 is 0. The number of hydrogen-bond acceptors (Lipinski definition) is 0. The van der Waals surface area contributed by atoms with Gasteiger partial charge in [0, 0.05) is 5.41 Å². The van der Waals surface area contributed by atoms with Gasteiger partial charge in [-0.15, -0.1) is 0 Å². The average molecular weight is 286 g/mol. The number of hydrogen-bond donors (Lipinski definition) is 0. The highest BCUT2D eigenvalue weighted by Gasteiger charge is 2.61. The fourth-order valence-electron chi connectivity index (χ4n) is 6.34. The molecule has 0 spiro atoms. The van der Waals surface area contributed by atoms with E-state index in [0.717, 1.165) is 23.7 Å². The summed E-state index contributed by atoms with van der Waals surface area (Å²) in [5.41, 5.74) is 3.30. The Balaban J connectivity index is 1.69. The van der Waals surface area contributed by atoms with Crippen LogP contribution in [0.1, 0.15) is 43.2 Å². The van der Waals surface area contributed by atoms with Crippen LogP contribution in [0.25, 0.3) is 0 Å². The molecule has 4 unspecified atom stereocenters. The molecule has 2 aromatic rings. The molecule has 0 aliphatic heterocycles.